The molecule has 0 aliphatic heterocycles. The summed E-state index contributed by atoms with van der Waals surface area (Å²) in [5, 5.41) is 11.9. The fraction of sp³-hybridized carbons (Fsp3) is 0.278. The standard InChI is InChI=1S/C18H20N4O2/c1-24-11-10-22(14-17-4-2-3-9-20-17)18(23)13-21-16-7-5-15(12-19)6-8-16/h2-9,21H,10-11,13-14H2,1H3. The number of amides is 1. The fourth-order valence-corrected chi connectivity index (χ4v) is 2.13. The van der Waals surface area contributed by atoms with E-state index in [0.29, 0.717) is 25.3 Å². The second-order valence-corrected chi connectivity index (χ2v) is 5.17. The van der Waals surface area contributed by atoms with Gasteiger partial charge in [0, 0.05) is 25.5 Å². The first kappa shape index (κ1) is 17.4. The number of carbonyl (C=O) groups excluding carboxylic acids is 1. The smallest absolute Gasteiger partial charge is 0.242 e. The van der Waals surface area contributed by atoms with E-state index < -0.39 is 0 Å². The second-order valence-electron chi connectivity index (χ2n) is 5.17. The Bertz CT molecular complexity index is 680. The highest BCUT2D eigenvalue weighted by atomic mass is 16.5. The minimum Gasteiger partial charge on any atom is -0.383 e. The van der Waals surface area contributed by atoms with Gasteiger partial charge in [-0.05, 0) is 36.4 Å². The van der Waals surface area contributed by atoms with Crippen molar-refractivity contribution in [1.82, 2.24) is 9.88 Å². The van der Waals surface area contributed by atoms with Crippen molar-refractivity contribution >= 4 is 11.6 Å². The van der Waals surface area contributed by atoms with Crippen LogP contribution in [0.5, 0.6) is 0 Å². The summed E-state index contributed by atoms with van der Waals surface area (Å²) in [7, 11) is 1.61. The summed E-state index contributed by atoms with van der Waals surface area (Å²) in [5.41, 5.74) is 2.22. The van der Waals surface area contributed by atoms with Crippen molar-refractivity contribution < 1.29 is 9.53 Å². The Morgan fingerprint density at radius 3 is 2.71 bits per heavy atom. The Balaban J connectivity index is 1.94. The first-order valence-electron chi connectivity index (χ1n) is 7.63. The van der Waals surface area contributed by atoms with E-state index in [9.17, 15) is 4.79 Å². The Labute approximate surface area is 141 Å². The number of anilines is 1. The number of nitrogens with zero attached hydrogens (tertiary/aromatic N) is 3. The van der Waals surface area contributed by atoms with E-state index in [-0.39, 0.29) is 12.5 Å². The van der Waals surface area contributed by atoms with Crippen molar-refractivity contribution in [1.29, 1.82) is 5.26 Å². The fourth-order valence-electron chi connectivity index (χ4n) is 2.13. The minimum absolute atomic E-state index is 0.0398. The summed E-state index contributed by atoms with van der Waals surface area (Å²) in [6.45, 7) is 1.58. The largest absolute Gasteiger partial charge is 0.383 e. The molecule has 1 amide bonds. The summed E-state index contributed by atoms with van der Waals surface area (Å²) < 4.78 is 5.08. The molecule has 0 unspecified atom stereocenters. The predicted octanol–water partition coefficient (Wildman–Crippen LogP) is 2.04. The van der Waals surface area contributed by atoms with Gasteiger partial charge in [-0.25, -0.2) is 0 Å². The van der Waals surface area contributed by atoms with Gasteiger partial charge in [0.2, 0.25) is 5.91 Å². The average Bonchev–Trinajstić information content (AvgIpc) is 2.64. The number of ether oxygens (including phenoxy) is 1. The molecule has 124 valence electrons. The summed E-state index contributed by atoms with van der Waals surface area (Å²) in [6, 6.07) is 14.7. The third-order valence-electron chi connectivity index (χ3n) is 3.45. The quantitative estimate of drug-likeness (QED) is 0.804. The zero-order valence-electron chi connectivity index (χ0n) is 13.6. The number of methoxy groups -OCH3 is 1. The van der Waals surface area contributed by atoms with Gasteiger partial charge in [-0.1, -0.05) is 6.07 Å². The van der Waals surface area contributed by atoms with Gasteiger partial charge < -0.3 is 15.0 Å². The number of pyridine rings is 1. The number of carbonyl (C=O) groups is 1. The maximum absolute atomic E-state index is 12.5. The highest BCUT2D eigenvalue weighted by Gasteiger charge is 2.14. The lowest BCUT2D eigenvalue weighted by molar-refractivity contribution is -0.130. The van der Waals surface area contributed by atoms with Crippen molar-refractivity contribution in [2.45, 2.75) is 6.54 Å². The monoisotopic (exact) mass is 324 g/mol. The Kier molecular flexibility index (Phi) is 6.74. The van der Waals surface area contributed by atoms with Gasteiger partial charge in [0.15, 0.2) is 0 Å². The number of nitriles is 1. The minimum atomic E-state index is -0.0398. The molecule has 6 nitrogen and oxygen atoms in total. The van der Waals surface area contributed by atoms with E-state index in [0.717, 1.165) is 11.4 Å². The molecule has 0 bridgehead atoms. The highest BCUT2D eigenvalue weighted by Crippen LogP contribution is 2.09. The Hall–Kier alpha value is -2.91. The van der Waals surface area contributed by atoms with E-state index >= 15 is 0 Å². The van der Waals surface area contributed by atoms with Crippen LogP contribution >= 0.6 is 0 Å². The first-order valence-corrected chi connectivity index (χ1v) is 7.63. The Morgan fingerprint density at radius 1 is 1.29 bits per heavy atom. The number of benzene rings is 1. The van der Waals surface area contributed by atoms with Crippen molar-refractivity contribution in [2.75, 3.05) is 32.1 Å². The van der Waals surface area contributed by atoms with Crippen LogP contribution in [0.3, 0.4) is 0 Å². The lowest BCUT2D eigenvalue weighted by atomic mass is 10.2. The molecular formula is C18H20N4O2. The van der Waals surface area contributed by atoms with Crippen molar-refractivity contribution in [3.8, 4) is 6.07 Å². The van der Waals surface area contributed by atoms with Crippen LogP contribution in [0.25, 0.3) is 0 Å². The van der Waals surface area contributed by atoms with Crippen molar-refractivity contribution in [2.24, 2.45) is 0 Å². The van der Waals surface area contributed by atoms with Crippen LogP contribution in [-0.2, 0) is 16.1 Å². The highest BCUT2D eigenvalue weighted by molar-refractivity contribution is 5.80. The van der Waals surface area contributed by atoms with E-state index in [2.05, 4.69) is 16.4 Å². The van der Waals surface area contributed by atoms with Gasteiger partial charge in [-0.15, -0.1) is 0 Å². The normalized spacial score (nSPS) is 10.0. The number of hydrogen-bond donors (Lipinski definition) is 1. The maximum atomic E-state index is 12.5. The molecule has 1 aromatic heterocycles. The van der Waals surface area contributed by atoms with Gasteiger partial charge in [0.25, 0.3) is 0 Å². The van der Waals surface area contributed by atoms with Crippen LogP contribution in [0, 0.1) is 11.3 Å². The van der Waals surface area contributed by atoms with E-state index in [1.165, 1.54) is 0 Å². The SMILES string of the molecule is COCCN(Cc1ccccn1)C(=O)CNc1ccc(C#N)cc1. The maximum Gasteiger partial charge on any atom is 0.242 e. The van der Waals surface area contributed by atoms with Crippen molar-refractivity contribution in [3.63, 3.8) is 0 Å². The third kappa shape index (κ3) is 5.38. The number of hydrogen-bond acceptors (Lipinski definition) is 5. The summed E-state index contributed by atoms with van der Waals surface area (Å²) in [6.07, 6.45) is 1.71. The molecule has 0 saturated carbocycles. The lowest BCUT2D eigenvalue weighted by Crippen LogP contribution is -2.37. The molecule has 0 atom stereocenters. The molecule has 0 aliphatic rings. The lowest BCUT2D eigenvalue weighted by Gasteiger charge is -2.22. The van der Waals surface area contributed by atoms with Gasteiger partial charge >= 0.3 is 0 Å². The average molecular weight is 324 g/mol. The first-order chi connectivity index (χ1) is 11.7. The summed E-state index contributed by atoms with van der Waals surface area (Å²) in [4.78, 5) is 18.4. The Morgan fingerprint density at radius 2 is 2.08 bits per heavy atom. The van der Waals surface area contributed by atoms with Gasteiger partial charge in [0.1, 0.15) is 0 Å². The van der Waals surface area contributed by atoms with Crippen LogP contribution in [0.4, 0.5) is 5.69 Å². The van der Waals surface area contributed by atoms with E-state index in [1.54, 1.807) is 42.5 Å². The summed E-state index contributed by atoms with van der Waals surface area (Å²) >= 11 is 0. The van der Waals surface area contributed by atoms with Crippen LogP contribution < -0.4 is 5.32 Å². The zero-order valence-corrected chi connectivity index (χ0v) is 13.6. The molecule has 0 fully saturated rings. The molecule has 0 radical (unpaired) electrons. The molecule has 2 aromatic rings. The van der Waals surface area contributed by atoms with Gasteiger partial charge in [-0.2, -0.15) is 5.26 Å². The van der Waals surface area contributed by atoms with Crippen molar-refractivity contribution in [3.05, 3.63) is 59.9 Å². The number of nitrogens with one attached hydrogen (secondary N) is 1. The molecule has 0 aliphatic carbocycles. The second kappa shape index (κ2) is 9.28. The molecule has 1 N–H and O–H groups in total. The molecule has 1 aromatic carbocycles. The van der Waals surface area contributed by atoms with Gasteiger partial charge in [-0.3, -0.25) is 9.78 Å². The predicted molar refractivity (Wildman–Crippen MR) is 91.2 cm³/mol. The molecule has 0 spiro atoms. The molecule has 2 rings (SSSR count). The molecular weight excluding hydrogens is 304 g/mol. The summed E-state index contributed by atoms with van der Waals surface area (Å²) in [5.74, 6) is -0.0398. The molecule has 6 heteroatoms. The molecule has 1 heterocycles. The van der Waals surface area contributed by atoms with Crippen LogP contribution in [0.2, 0.25) is 0 Å². The van der Waals surface area contributed by atoms with E-state index in [4.69, 9.17) is 10.00 Å². The topological polar surface area (TPSA) is 78.2 Å². The van der Waals surface area contributed by atoms with Crippen LogP contribution in [0.15, 0.2) is 48.7 Å². The number of rotatable bonds is 8. The zero-order chi connectivity index (χ0) is 17.2. The third-order valence-corrected chi connectivity index (χ3v) is 3.45. The van der Waals surface area contributed by atoms with E-state index in [1.807, 2.05) is 18.2 Å². The van der Waals surface area contributed by atoms with Crippen LogP contribution in [-0.4, -0.2) is 42.6 Å². The molecule has 24 heavy (non-hydrogen) atoms. The number of aromatic nitrogens is 1. The van der Waals surface area contributed by atoms with Gasteiger partial charge in [0.05, 0.1) is 37.0 Å². The van der Waals surface area contributed by atoms with Crippen LogP contribution in [0.1, 0.15) is 11.3 Å². The molecule has 0 saturated heterocycles.